The first-order valence-corrected chi connectivity index (χ1v) is 13.0. The largest absolute Gasteiger partial charge is 0.382 e. The number of hydrazine groups is 1. The number of nitrogens with two attached hydrogens (primary N) is 1. The van der Waals surface area contributed by atoms with E-state index in [1.165, 1.54) is 0 Å². The highest BCUT2D eigenvalue weighted by molar-refractivity contribution is 5.98. The number of carbonyl (C=O) groups excluding carboxylic acids is 2. The highest BCUT2D eigenvalue weighted by atomic mass is 16.5. The number of benzene rings is 1. The summed E-state index contributed by atoms with van der Waals surface area (Å²) in [6.45, 7) is 3.46. The third kappa shape index (κ3) is 6.47. The Balaban J connectivity index is 1.25. The van der Waals surface area contributed by atoms with Crippen LogP contribution in [0.2, 0.25) is 0 Å². The number of aromatic nitrogens is 4. The van der Waals surface area contributed by atoms with Gasteiger partial charge in [-0.15, -0.1) is 10.2 Å². The first kappa shape index (κ1) is 26.9. The number of nitrogens with one attached hydrogen (secondary N) is 4. The SMILES string of the molecule is N=C(N)c1nnc(N2CCC[C@@H](NNC(=O)c3ccncc3)C2)nc1Nc1ccc(C(=O)N2CCOCC2)cc1. The van der Waals surface area contributed by atoms with E-state index in [1.54, 1.807) is 53.7 Å². The van der Waals surface area contributed by atoms with Gasteiger partial charge in [0.2, 0.25) is 5.95 Å². The number of anilines is 3. The topological polar surface area (TPSA) is 187 Å². The highest BCUT2D eigenvalue weighted by Crippen LogP contribution is 2.22. The molecule has 1 atom stereocenters. The van der Waals surface area contributed by atoms with Gasteiger partial charge >= 0.3 is 0 Å². The zero-order chi connectivity index (χ0) is 27.9. The number of nitrogens with zero attached hydrogens (tertiary/aromatic N) is 6. The van der Waals surface area contributed by atoms with E-state index in [4.69, 9.17) is 15.9 Å². The lowest BCUT2D eigenvalue weighted by Crippen LogP contribution is -2.52. The van der Waals surface area contributed by atoms with Gasteiger partial charge in [0.15, 0.2) is 11.5 Å². The third-order valence-corrected chi connectivity index (χ3v) is 6.66. The minimum atomic E-state index is -0.273. The van der Waals surface area contributed by atoms with Gasteiger partial charge in [0.1, 0.15) is 5.84 Å². The molecule has 0 unspecified atom stereocenters. The van der Waals surface area contributed by atoms with Crippen LogP contribution in [0, 0.1) is 5.41 Å². The summed E-state index contributed by atoms with van der Waals surface area (Å²) in [7, 11) is 0. The molecular weight excluding hydrogens is 514 g/mol. The molecule has 3 aromatic rings. The predicted molar refractivity (Wildman–Crippen MR) is 147 cm³/mol. The zero-order valence-corrected chi connectivity index (χ0v) is 21.8. The molecule has 0 radical (unpaired) electrons. The van der Waals surface area contributed by atoms with E-state index in [1.807, 2.05) is 4.90 Å². The van der Waals surface area contributed by atoms with Crippen LogP contribution in [0.25, 0.3) is 0 Å². The number of hydrogen-bond donors (Lipinski definition) is 5. The molecular formula is C26H31N11O3. The van der Waals surface area contributed by atoms with Crippen LogP contribution in [0.4, 0.5) is 17.5 Å². The molecule has 0 bridgehead atoms. The summed E-state index contributed by atoms with van der Waals surface area (Å²) in [5, 5.41) is 19.5. The van der Waals surface area contributed by atoms with Crippen molar-refractivity contribution in [3.05, 3.63) is 65.6 Å². The Labute approximate surface area is 230 Å². The number of morpholine rings is 1. The van der Waals surface area contributed by atoms with Crippen molar-refractivity contribution in [2.24, 2.45) is 5.73 Å². The summed E-state index contributed by atoms with van der Waals surface area (Å²) in [6, 6.07) is 10.3. The second-order valence-corrected chi connectivity index (χ2v) is 9.45. The number of hydrogen-bond acceptors (Lipinski definition) is 11. The van der Waals surface area contributed by atoms with Crippen molar-refractivity contribution in [1.82, 2.24) is 35.9 Å². The summed E-state index contributed by atoms with van der Waals surface area (Å²) in [5.41, 5.74) is 13.5. The Morgan fingerprint density at radius 2 is 1.75 bits per heavy atom. The Morgan fingerprint density at radius 1 is 1.00 bits per heavy atom. The highest BCUT2D eigenvalue weighted by Gasteiger charge is 2.24. The first-order valence-electron chi connectivity index (χ1n) is 13.0. The van der Waals surface area contributed by atoms with Gasteiger partial charge in [-0.3, -0.25) is 25.4 Å². The van der Waals surface area contributed by atoms with Crippen LogP contribution in [0.1, 0.15) is 39.3 Å². The second kappa shape index (κ2) is 12.4. The van der Waals surface area contributed by atoms with Gasteiger partial charge in [-0.05, 0) is 49.2 Å². The zero-order valence-electron chi connectivity index (χ0n) is 21.8. The van der Waals surface area contributed by atoms with Crippen LogP contribution >= 0.6 is 0 Å². The number of ether oxygens (including phenoxy) is 1. The second-order valence-electron chi connectivity index (χ2n) is 9.45. The van der Waals surface area contributed by atoms with E-state index in [0.717, 1.165) is 12.8 Å². The van der Waals surface area contributed by atoms with Crippen LogP contribution < -0.4 is 26.8 Å². The molecule has 2 aliphatic heterocycles. The van der Waals surface area contributed by atoms with E-state index < -0.39 is 0 Å². The van der Waals surface area contributed by atoms with Crippen molar-refractivity contribution in [1.29, 1.82) is 5.41 Å². The first-order chi connectivity index (χ1) is 19.5. The Morgan fingerprint density at radius 3 is 2.48 bits per heavy atom. The average Bonchev–Trinajstić information content (AvgIpc) is 3.01. The van der Waals surface area contributed by atoms with Crippen molar-refractivity contribution < 1.29 is 14.3 Å². The van der Waals surface area contributed by atoms with Crippen molar-refractivity contribution >= 4 is 35.1 Å². The number of carbonyl (C=O) groups is 2. The predicted octanol–water partition coefficient (Wildman–Crippen LogP) is 0.670. The summed E-state index contributed by atoms with van der Waals surface area (Å²) in [5.74, 6) is 0.0949. The number of pyridine rings is 1. The number of rotatable bonds is 8. The minimum absolute atomic E-state index is 0.0384. The average molecular weight is 546 g/mol. The molecule has 2 aromatic heterocycles. The number of amides is 2. The van der Waals surface area contributed by atoms with Gasteiger partial charge in [-0.2, -0.15) is 4.98 Å². The summed E-state index contributed by atoms with van der Waals surface area (Å²) in [4.78, 5) is 37.4. The standard InChI is InChI=1S/C26H31N11O3/c27-22(28)21-23(30-19-5-3-18(4-6-19)25(39)36-12-14-40-15-13-36)31-26(35-33-21)37-11-1-2-20(16-37)32-34-24(38)17-7-9-29-10-8-17/h3-10,20,32H,1-2,11-16H2,(H3,27,28)(H,34,38)(H,30,31,35)/t20-/m1/s1. The van der Waals surface area contributed by atoms with E-state index in [9.17, 15) is 9.59 Å². The van der Waals surface area contributed by atoms with Crippen LogP contribution in [-0.2, 0) is 4.74 Å². The monoisotopic (exact) mass is 545 g/mol. The maximum absolute atomic E-state index is 12.8. The van der Waals surface area contributed by atoms with Crippen molar-refractivity contribution in [3.63, 3.8) is 0 Å². The van der Waals surface area contributed by atoms with Gasteiger partial charge in [0.05, 0.1) is 13.2 Å². The van der Waals surface area contributed by atoms with E-state index >= 15 is 0 Å². The van der Waals surface area contributed by atoms with Gasteiger partial charge in [-0.1, -0.05) is 0 Å². The quantitative estimate of drug-likeness (QED) is 0.152. The number of piperidine rings is 1. The Hall–Kier alpha value is -4.69. The van der Waals surface area contributed by atoms with Gasteiger partial charge in [0.25, 0.3) is 11.8 Å². The molecule has 208 valence electrons. The molecule has 6 N–H and O–H groups in total. The summed E-state index contributed by atoms with van der Waals surface area (Å²) in [6.07, 6.45) is 4.84. The lowest BCUT2D eigenvalue weighted by Gasteiger charge is -2.33. The fraction of sp³-hybridized carbons (Fsp3) is 0.346. The molecule has 0 saturated carbocycles. The fourth-order valence-corrected chi connectivity index (χ4v) is 4.52. The molecule has 2 aliphatic rings. The van der Waals surface area contributed by atoms with Crippen LogP contribution in [-0.4, -0.2) is 88.1 Å². The minimum Gasteiger partial charge on any atom is -0.382 e. The van der Waals surface area contributed by atoms with Crippen LogP contribution in [0.3, 0.4) is 0 Å². The normalized spacial score (nSPS) is 17.2. The van der Waals surface area contributed by atoms with E-state index in [0.29, 0.717) is 62.2 Å². The molecule has 1 aromatic carbocycles. The molecule has 2 amide bonds. The maximum atomic E-state index is 12.8. The molecule has 5 rings (SSSR count). The molecule has 2 saturated heterocycles. The smallest absolute Gasteiger partial charge is 0.265 e. The number of amidine groups is 1. The van der Waals surface area contributed by atoms with Crippen LogP contribution in [0.5, 0.6) is 0 Å². The molecule has 14 nitrogen and oxygen atoms in total. The molecule has 0 spiro atoms. The summed E-state index contributed by atoms with van der Waals surface area (Å²) < 4.78 is 5.32. The molecule has 2 fully saturated rings. The lowest BCUT2D eigenvalue weighted by molar-refractivity contribution is 0.0303. The fourth-order valence-electron chi connectivity index (χ4n) is 4.52. The van der Waals surface area contributed by atoms with Gasteiger partial charge in [-0.25, -0.2) is 5.43 Å². The molecule has 40 heavy (non-hydrogen) atoms. The van der Waals surface area contributed by atoms with E-state index in [-0.39, 0.29) is 35.2 Å². The van der Waals surface area contributed by atoms with Gasteiger partial charge in [0, 0.05) is 61.4 Å². The number of nitrogen functional groups attached to an aromatic ring is 1. The van der Waals surface area contributed by atoms with Crippen molar-refractivity contribution in [2.75, 3.05) is 49.6 Å². The Bertz CT molecular complexity index is 1350. The maximum Gasteiger partial charge on any atom is 0.265 e. The molecule has 4 heterocycles. The van der Waals surface area contributed by atoms with Gasteiger partial charge < -0.3 is 25.6 Å². The van der Waals surface area contributed by atoms with Crippen LogP contribution in [0.15, 0.2) is 48.8 Å². The van der Waals surface area contributed by atoms with Crippen molar-refractivity contribution in [2.45, 2.75) is 18.9 Å². The third-order valence-electron chi connectivity index (χ3n) is 6.66. The Kier molecular flexibility index (Phi) is 8.37. The summed E-state index contributed by atoms with van der Waals surface area (Å²) >= 11 is 0. The molecule has 0 aliphatic carbocycles. The molecule has 14 heteroatoms. The lowest BCUT2D eigenvalue weighted by atomic mass is 10.1. The van der Waals surface area contributed by atoms with E-state index in [2.05, 4.69) is 36.3 Å². The van der Waals surface area contributed by atoms with Crippen molar-refractivity contribution in [3.8, 4) is 0 Å².